The van der Waals surface area contributed by atoms with E-state index in [1.165, 1.54) is 5.57 Å². The van der Waals surface area contributed by atoms with Gasteiger partial charge in [-0.2, -0.15) is 0 Å². The fourth-order valence-corrected chi connectivity index (χ4v) is 10.5. The van der Waals surface area contributed by atoms with Gasteiger partial charge in [-0.3, -0.25) is 9.59 Å². The lowest BCUT2D eigenvalue weighted by atomic mass is 9.33. The van der Waals surface area contributed by atoms with Gasteiger partial charge in [0.05, 0.1) is 17.9 Å². The molecular weight excluding hydrogens is 436 g/mol. The third-order valence-electron chi connectivity index (χ3n) is 13.0. The molecule has 4 saturated carbocycles. The number of fused-ring (bicyclic) bond motifs is 7. The first-order valence-electron chi connectivity index (χ1n) is 14.0. The highest BCUT2D eigenvalue weighted by Crippen LogP contribution is 2.75. The fourth-order valence-electron chi connectivity index (χ4n) is 10.5. The number of carbonyl (C=O) groups excluding carboxylic acids is 3. The first kappa shape index (κ1) is 25.2. The molecule has 0 N–H and O–H groups in total. The van der Waals surface area contributed by atoms with Crippen LogP contribution < -0.4 is 0 Å². The normalized spacial score (nSPS) is 50.5. The second-order valence-electron chi connectivity index (χ2n) is 14.7. The van der Waals surface area contributed by atoms with E-state index in [1.807, 2.05) is 6.92 Å². The average Bonchev–Trinajstić information content (AvgIpc) is 2.81. The van der Waals surface area contributed by atoms with E-state index in [0.717, 1.165) is 64.1 Å². The number of hydrogen-bond acceptors (Lipinski definition) is 4. The molecule has 4 fully saturated rings. The number of rotatable bonds is 2. The quantitative estimate of drug-likeness (QED) is 0.190. The average molecular weight is 483 g/mol. The number of methoxy groups -OCH3 is 1. The number of Topliss-reactive ketones (excluding diaryl/α,β-unsaturated/α-hetero) is 1. The van der Waals surface area contributed by atoms with E-state index in [4.69, 9.17) is 4.74 Å². The lowest BCUT2D eigenvalue weighted by Gasteiger charge is -2.70. The molecule has 0 bridgehead atoms. The molecule has 0 amide bonds. The maximum atomic E-state index is 13.3. The molecule has 5 rings (SSSR count). The molecule has 5 aliphatic rings. The smallest absolute Gasteiger partial charge is 0.312 e. The zero-order chi connectivity index (χ0) is 25.7. The Kier molecular flexibility index (Phi) is 5.43. The molecule has 0 radical (unpaired) electrons. The van der Waals surface area contributed by atoms with Crippen molar-refractivity contribution < 1.29 is 19.1 Å². The maximum Gasteiger partial charge on any atom is 0.312 e. The molecule has 0 aromatic carbocycles. The molecule has 0 heterocycles. The van der Waals surface area contributed by atoms with Crippen LogP contribution >= 0.6 is 0 Å². The van der Waals surface area contributed by atoms with E-state index in [0.29, 0.717) is 12.3 Å². The van der Waals surface area contributed by atoms with Gasteiger partial charge in [-0.15, -0.1) is 0 Å². The summed E-state index contributed by atoms with van der Waals surface area (Å²) in [7, 11) is 1.56. The minimum atomic E-state index is -0.848. The number of allylic oxidation sites excluding steroid dienone is 2. The molecule has 4 nitrogen and oxygen atoms in total. The van der Waals surface area contributed by atoms with Crippen LogP contribution in [0.15, 0.2) is 11.6 Å². The van der Waals surface area contributed by atoms with Crippen molar-refractivity contribution in [2.24, 2.45) is 50.2 Å². The third kappa shape index (κ3) is 3.00. The summed E-state index contributed by atoms with van der Waals surface area (Å²) in [6, 6.07) is 0. The lowest BCUT2D eigenvalue weighted by Crippen LogP contribution is -2.65. The van der Waals surface area contributed by atoms with Gasteiger partial charge in [0.15, 0.2) is 0 Å². The van der Waals surface area contributed by atoms with Crippen LogP contribution in [0.2, 0.25) is 0 Å². The molecule has 0 unspecified atom stereocenters. The van der Waals surface area contributed by atoms with E-state index in [9.17, 15) is 14.4 Å². The van der Waals surface area contributed by atoms with Crippen molar-refractivity contribution in [3.63, 3.8) is 0 Å². The minimum absolute atomic E-state index is 0.00330. The number of ether oxygens (including phenoxy) is 1. The summed E-state index contributed by atoms with van der Waals surface area (Å²) in [6.45, 7) is 14.0. The van der Waals surface area contributed by atoms with Crippen molar-refractivity contribution in [3.05, 3.63) is 11.6 Å². The summed E-state index contributed by atoms with van der Waals surface area (Å²) in [6.07, 6.45) is 12.8. The lowest BCUT2D eigenvalue weighted by molar-refractivity contribution is -0.190. The van der Waals surface area contributed by atoms with Crippen molar-refractivity contribution in [3.8, 4) is 0 Å². The fraction of sp³-hybridized carbons (Fsp3) is 0.839. The second kappa shape index (κ2) is 7.54. The first-order chi connectivity index (χ1) is 16.2. The van der Waals surface area contributed by atoms with Crippen LogP contribution in [0.25, 0.3) is 0 Å². The molecule has 194 valence electrons. The highest BCUT2D eigenvalue weighted by Gasteiger charge is 2.69. The van der Waals surface area contributed by atoms with Gasteiger partial charge in [-0.05, 0) is 104 Å². The van der Waals surface area contributed by atoms with Gasteiger partial charge >= 0.3 is 5.97 Å². The Balaban J connectivity index is 1.61. The summed E-state index contributed by atoms with van der Waals surface area (Å²) in [5.41, 5.74) is 0.608. The topological polar surface area (TPSA) is 60.4 Å². The van der Waals surface area contributed by atoms with E-state index >= 15 is 0 Å². The molecule has 0 aromatic heterocycles. The van der Waals surface area contributed by atoms with Crippen LogP contribution in [0.4, 0.5) is 0 Å². The Hall–Kier alpha value is -1.45. The summed E-state index contributed by atoms with van der Waals surface area (Å²) in [4.78, 5) is 38.6. The zero-order valence-electron chi connectivity index (χ0n) is 23.1. The van der Waals surface area contributed by atoms with Crippen molar-refractivity contribution >= 4 is 18.0 Å². The molecule has 35 heavy (non-hydrogen) atoms. The minimum Gasteiger partial charge on any atom is -0.469 e. The molecule has 8 atom stereocenters. The first-order valence-corrected chi connectivity index (χ1v) is 14.0. The monoisotopic (exact) mass is 482 g/mol. The van der Waals surface area contributed by atoms with Gasteiger partial charge in [0.1, 0.15) is 12.1 Å². The van der Waals surface area contributed by atoms with Gasteiger partial charge in [0, 0.05) is 6.42 Å². The third-order valence-corrected chi connectivity index (χ3v) is 13.0. The SMILES string of the molecule is COC(=O)[C@]12CCC(C)(C)C[C@H]1C1=CC[C@@H]3[C@@]4(C)CCC(=O)[C@@](C)(C=O)[C@@H]4CC[C@@]3(C)[C@]1(C)CC2. The Morgan fingerprint density at radius 2 is 1.66 bits per heavy atom. The van der Waals surface area contributed by atoms with Crippen LogP contribution in [-0.2, 0) is 19.1 Å². The second-order valence-corrected chi connectivity index (χ2v) is 14.7. The predicted octanol–water partition coefficient (Wildman–Crippen LogP) is 6.71. The van der Waals surface area contributed by atoms with Crippen molar-refractivity contribution in [1.29, 1.82) is 0 Å². The van der Waals surface area contributed by atoms with Gasteiger partial charge in [-0.25, -0.2) is 0 Å². The highest BCUT2D eigenvalue weighted by atomic mass is 16.5. The maximum absolute atomic E-state index is 13.3. The number of hydrogen-bond donors (Lipinski definition) is 0. The molecule has 5 aliphatic carbocycles. The molecule has 0 saturated heterocycles. The van der Waals surface area contributed by atoms with E-state index in [2.05, 4.69) is 40.7 Å². The zero-order valence-corrected chi connectivity index (χ0v) is 23.1. The Morgan fingerprint density at radius 1 is 0.971 bits per heavy atom. The van der Waals surface area contributed by atoms with E-state index in [1.54, 1.807) is 7.11 Å². The summed E-state index contributed by atoms with van der Waals surface area (Å²) in [5.74, 6) is 0.945. The van der Waals surface area contributed by atoms with Crippen molar-refractivity contribution in [1.82, 2.24) is 0 Å². The van der Waals surface area contributed by atoms with E-state index in [-0.39, 0.29) is 50.7 Å². The number of esters is 1. The van der Waals surface area contributed by atoms with Crippen molar-refractivity contribution in [2.75, 3.05) is 7.11 Å². The van der Waals surface area contributed by atoms with Crippen LogP contribution in [0.3, 0.4) is 0 Å². The largest absolute Gasteiger partial charge is 0.469 e. The van der Waals surface area contributed by atoms with Gasteiger partial charge in [-0.1, -0.05) is 46.3 Å². The number of aldehydes is 1. The van der Waals surface area contributed by atoms with Gasteiger partial charge < -0.3 is 9.53 Å². The van der Waals surface area contributed by atoms with Crippen LogP contribution in [0, 0.1) is 50.2 Å². The highest BCUT2D eigenvalue weighted by molar-refractivity contribution is 5.99. The Bertz CT molecular complexity index is 994. The van der Waals surface area contributed by atoms with Gasteiger partial charge in [0.25, 0.3) is 0 Å². The summed E-state index contributed by atoms with van der Waals surface area (Å²) in [5, 5.41) is 0. The molecule has 4 heteroatoms. The molecule has 0 aliphatic heterocycles. The summed E-state index contributed by atoms with van der Waals surface area (Å²) < 4.78 is 5.46. The van der Waals surface area contributed by atoms with Crippen LogP contribution in [0.5, 0.6) is 0 Å². The Labute approximate surface area is 212 Å². The standard InChI is InChI=1S/C31H46O4/c1-26(2)14-16-31(25(34)35-7)17-15-29(5)20(21(31)18-26)8-9-23-27(3)12-11-24(33)28(4,19-32)22(27)10-13-30(23,29)6/h8,19,21-23H,9-18H2,1-7H3/t21-,22+,23+,27-,28-,29+,30+,31-/m0/s1. The van der Waals surface area contributed by atoms with Crippen molar-refractivity contribution in [2.45, 2.75) is 106 Å². The van der Waals surface area contributed by atoms with Crippen LogP contribution in [-0.4, -0.2) is 25.1 Å². The number of ketones is 1. The Morgan fingerprint density at radius 3 is 2.31 bits per heavy atom. The molecular formula is C31H46O4. The summed E-state index contributed by atoms with van der Waals surface area (Å²) >= 11 is 0. The van der Waals surface area contributed by atoms with E-state index < -0.39 is 5.41 Å². The van der Waals surface area contributed by atoms with Gasteiger partial charge in [0.2, 0.25) is 0 Å². The van der Waals surface area contributed by atoms with Crippen LogP contribution in [0.1, 0.15) is 106 Å². The molecule has 0 aromatic rings. The predicted molar refractivity (Wildman–Crippen MR) is 136 cm³/mol. The number of carbonyl (C=O) groups is 3. The molecule has 0 spiro atoms.